The van der Waals surface area contributed by atoms with Gasteiger partial charge in [-0.05, 0) is 34.9 Å². The van der Waals surface area contributed by atoms with Crippen molar-refractivity contribution in [2.45, 2.75) is 5.54 Å². The molecule has 0 radical (unpaired) electrons. The fourth-order valence-electron chi connectivity index (χ4n) is 4.34. The van der Waals surface area contributed by atoms with Crippen LogP contribution in [-0.2, 0) is 5.54 Å². The van der Waals surface area contributed by atoms with Gasteiger partial charge in [0.15, 0.2) is 0 Å². The Kier molecular flexibility index (Phi) is 4.64. The van der Waals surface area contributed by atoms with Gasteiger partial charge in [0.1, 0.15) is 5.54 Å². The predicted octanol–water partition coefficient (Wildman–Crippen LogP) is 5.93. The highest BCUT2D eigenvalue weighted by Gasteiger charge is 2.40. The van der Waals surface area contributed by atoms with Crippen LogP contribution in [0.1, 0.15) is 16.7 Å². The number of aromatic amines is 1. The first kappa shape index (κ1) is 18.6. The normalized spacial score (nSPS) is 11.6. The summed E-state index contributed by atoms with van der Waals surface area (Å²) in [7, 11) is 0. The Hall–Kier alpha value is -3.37. The van der Waals surface area contributed by atoms with Gasteiger partial charge >= 0.3 is 5.69 Å². The first-order chi connectivity index (χ1) is 14.7. The zero-order valence-electron chi connectivity index (χ0n) is 16.1. The fourth-order valence-corrected chi connectivity index (χ4v) is 4.70. The lowest BCUT2D eigenvalue weighted by Crippen LogP contribution is -2.43. The van der Waals surface area contributed by atoms with Crippen molar-refractivity contribution < 1.29 is 0 Å². The van der Waals surface area contributed by atoms with Crippen molar-refractivity contribution in [3.8, 4) is 0 Å². The van der Waals surface area contributed by atoms with Crippen LogP contribution in [0.3, 0.4) is 0 Å². The maximum absolute atomic E-state index is 13.5. The van der Waals surface area contributed by atoms with Crippen molar-refractivity contribution in [2.75, 3.05) is 0 Å². The number of halogens is 1. The van der Waals surface area contributed by atoms with Gasteiger partial charge in [-0.3, -0.25) is 4.57 Å². The van der Waals surface area contributed by atoms with Gasteiger partial charge in [-0.1, -0.05) is 107 Å². The Morgan fingerprint density at radius 3 is 1.60 bits per heavy atom. The van der Waals surface area contributed by atoms with Crippen molar-refractivity contribution in [1.29, 1.82) is 0 Å². The third-order valence-corrected chi connectivity index (χ3v) is 6.05. The van der Waals surface area contributed by atoms with Gasteiger partial charge < -0.3 is 4.98 Å². The van der Waals surface area contributed by atoms with E-state index in [1.165, 1.54) is 0 Å². The molecule has 1 heterocycles. The summed E-state index contributed by atoms with van der Waals surface area (Å²) < 4.78 is 2.81. The van der Waals surface area contributed by atoms with Gasteiger partial charge in [-0.15, -0.1) is 0 Å². The molecule has 0 bridgehead atoms. The second-order valence-corrected chi connectivity index (χ2v) is 8.15. The highest BCUT2D eigenvalue weighted by Crippen LogP contribution is 2.41. The van der Waals surface area contributed by atoms with E-state index in [1.807, 2.05) is 77.4 Å². The molecule has 146 valence electrons. The molecule has 4 heteroatoms. The van der Waals surface area contributed by atoms with E-state index >= 15 is 0 Å². The smallest absolute Gasteiger partial charge is 0.305 e. The molecule has 0 aliphatic carbocycles. The van der Waals surface area contributed by atoms with Crippen LogP contribution in [0.5, 0.6) is 0 Å². The van der Waals surface area contributed by atoms with E-state index in [9.17, 15) is 4.79 Å². The summed E-state index contributed by atoms with van der Waals surface area (Å²) in [4.78, 5) is 16.6. The van der Waals surface area contributed by atoms with Crippen molar-refractivity contribution in [3.63, 3.8) is 0 Å². The number of aromatic nitrogens is 2. The van der Waals surface area contributed by atoms with E-state index in [4.69, 9.17) is 0 Å². The van der Waals surface area contributed by atoms with Crippen LogP contribution in [0.15, 0.2) is 118 Å². The lowest BCUT2D eigenvalue weighted by molar-refractivity contribution is 0.514. The molecule has 4 aromatic carbocycles. The molecule has 30 heavy (non-hydrogen) atoms. The van der Waals surface area contributed by atoms with E-state index in [0.29, 0.717) is 0 Å². The van der Waals surface area contributed by atoms with Crippen LogP contribution in [0.2, 0.25) is 0 Å². The average Bonchev–Trinajstić information content (AvgIpc) is 3.12. The lowest BCUT2D eigenvalue weighted by Gasteiger charge is -2.37. The Bertz CT molecular complexity index is 1260. The summed E-state index contributed by atoms with van der Waals surface area (Å²) in [5.74, 6) is 0. The number of fused-ring (bicyclic) bond motifs is 1. The number of benzene rings is 4. The van der Waals surface area contributed by atoms with E-state index in [0.717, 1.165) is 32.2 Å². The second kappa shape index (κ2) is 7.47. The lowest BCUT2D eigenvalue weighted by atomic mass is 9.76. The van der Waals surface area contributed by atoms with Gasteiger partial charge in [-0.2, -0.15) is 0 Å². The minimum Gasteiger partial charge on any atom is -0.305 e. The molecular weight excluding hydrogens is 436 g/mol. The van der Waals surface area contributed by atoms with Gasteiger partial charge in [0, 0.05) is 4.47 Å². The minimum atomic E-state index is -0.826. The maximum Gasteiger partial charge on any atom is 0.327 e. The molecule has 0 fully saturated rings. The second-order valence-electron chi connectivity index (χ2n) is 7.24. The van der Waals surface area contributed by atoms with Gasteiger partial charge in [-0.25, -0.2) is 4.79 Å². The third-order valence-electron chi connectivity index (χ3n) is 5.55. The number of nitrogens with zero attached hydrogens (tertiary/aromatic N) is 1. The van der Waals surface area contributed by atoms with Crippen LogP contribution in [0.25, 0.3) is 11.0 Å². The Balaban J connectivity index is 2.01. The van der Waals surface area contributed by atoms with E-state index in [1.54, 1.807) is 0 Å². The summed E-state index contributed by atoms with van der Waals surface area (Å²) in [6, 6.07) is 36.5. The predicted molar refractivity (Wildman–Crippen MR) is 125 cm³/mol. The van der Waals surface area contributed by atoms with Crippen LogP contribution < -0.4 is 5.69 Å². The van der Waals surface area contributed by atoms with Crippen molar-refractivity contribution in [1.82, 2.24) is 9.55 Å². The summed E-state index contributed by atoms with van der Waals surface area (Å²) >= 11 is 3.52. The highest BCUT2D eigenvalue weighted by molar-refractivity contribution is 9.10. The average molecular weight is 455 g/mol. The topological polar surface area (TPSA) is 37.8 Å². The molecule has 0 saturated heterocycles. The SMILES string of the molecule is O=c1[nH]c2cc(Br)ccc2n1C(c1ccccc1)(c1ccccc1)c1ccccc1. The number of imidazole rings is 1. The van der Waals surface area contributed by atoms with Gasteiger partial charge in [0.2, 0.25) is 0 Å². The zero-order chi connectivity index (χ0) is 20.6. The molecule has 0 saturated carbocycles. The number of nitrogens with one attached hydrogen (secondary N) is 1. The monoisotopic (exact) mass is 454 g/mol. The number of H-pyrrole nitrogens is 1. The zero-order valence-corrected chi connectivity index (χ0v) is 17.7. The molecule has 1 aromatic heterocycles. The van der Waals surface area contributed by atoms with Crippen molar-refractivity contribution in [3.05, 3.63) is 141 Å². The Morgan fingerprint density at radius 2 is 1.13 bits per heavy atom. The van der Waals surface area contributed by atoms with Crippen molar-refractivity contribution >= 4 is 27.0 Å². The standard InChI is InChI=1S/C26H19BrN2O/c27-22-16-17-24-23(18-22)28-25(30)29(24)26(19-10-4-1-5-11-19,20-12-6-2-7-13-20)21-14-8-3-9-15-21/h1-18H,(H,28,30). The molecule has 3 nitrogen and oxygen atoms in total. The third kappa shape index (κ3) is 2.84. The molecule has 0 aliphatic heterocycles. The summed E-state index contributed by atoms with van der Waals surface area (Å²) in [5.41, 5.74) is 3.73. The van der Waals surface area contributed by atoms with Gasteiger partial charge in [0.25, 0.3) is 0 Å². The number of hydrogen-bond donors (Lipinski definition) is 1. The van der Waals surface area contributed by atoms with Gasteiger partial charge in [0.05, 0.1) is 11.0 Å². The molecular formula is C26H19BrN2O. The Morgan fingerprint density at radius 1 is 0.667 bits per heavy atom. The fraction of sp³-hybridized carbons (Fsp3) is 0.0385. The minimum absolute atomic E-state index is 0.153. The molecule has 5 aromatic rings. The van der Waals surface area contributed by atoms with Crippen LogP contribution in [0, 0.1) is 0 Å². The molecule has 0 amide bonds. The number of rotatable bonds is 4. The van der Waals surface area contributed by atoms with Crippen molar-refractivity contribution in [2.24, 2.45) is 0 Å². The maximum atomic E-state index is 13.5. The van der Waals surface area contributed by atoms with E-state index in [2.05, 4.69) is 57.3 Å². The summed E-state index contributed by atoms with van der Waals surface area (Å²) in [5, 5.41) is 0. The number of hydrogen-bond acceptors (Lipinski definition) is 1. The first-order valence-corrected chi connectivity index (χ1v) is 10.6. The molecule has 1 N–H and O–H groups in total. The van der Waals surface area contributed by atoms with Crippen LogP contribution >= 0.6 is 15.9 Å². The van der Waals surface area contributed by atoms with Crippen LogP contribution in [0.4, 0.5) is 0 Å². The Labute approximate surface area is 182 Å². The first-order valence-electron chi connectivity index (χ1n) is 9.78. The molecule has 0 aliphatic rings. The van der Waals surface area contributed by atoms with E-state index < -0.39 is 5.54 Å². The summed E-state index contributed by atoms with van der Waals surface area (Å²) in [6.45, 7) is 0. The molecule has 0 atom stereocenters. The largest absolute Gasteiger partial charge is 0.327 e. The molecule has 5 rings (SSSR count). The van der Waals surface area contributed by atoms with Crippen LogP contribution in [-0.4, -0.2) is 9.55 Å². The summed E-state index contributed by atoms with van der Waals surface area (Å²) in [6.07, 6.45) is 0. The molecule has 0 unspecified atom stereocenters. The molecule has 0 spiro atoms. The van der Waals surface area contributed by atoms with E-state index in [-0.39, 0.29) is 5.69 Å². The highest BCUT2D eigenvalue weighted by atomic mass is 79.9. The quantitative estimate of drug-likeness (QED) is 0.335.